The second-order valence-corrected chi connectivity index (χ2v) is 9.78. The molecule has 1 fully saturated rings. The van der Waals surface area contributed by atoms with Crippen molar-refractivity contribution in [2.75, 3.05) is 6.54 Å². The third-order valence-corrected chi connectivity index (χ3v) is 6.81. The van der Waals surface area contributed by atoms with E-state index in [0.717, 1.165) is 16.7 Å². The number of carbonyl (C=O) groups excluding carboxylic acids is 2. The number of nitrogens with one attached hydrogen (secondary N) is 1. The summed E-state index contributed by atoms with van der Waals surface area (Å²) in [5.74, 6) is -0.101. The summed E-state index contributed by atoms with van der Waals surface area (Å²) in [6, 6.07) is 20.6. The molecule has 3 atom stereocenters. The molecule has 2 amide bonds. The number of rotatable bonds is 9. The van der Waals surface area contributed by atoms with E-state index in [1.165, 1.54) is 10.5 Å². The monoisotopic (exact) mass is 487 g/mol. The van der Waals surface area contributed by atoms with Gasteiger partial charge in [0.25, 0.3) is 0 Å². The lowest BCUT2D eigenvalue weighted by Crippen LogP contribution is -2.47. The van der Waals surface area contributed by atoms with Crippen molar-refractivity contribution in [3.63, 3.8) is 0 Å². The number of pyridine rings is 1. The Labute approximate surface area is 212 Å². The van der Waals surface area contributed by atoms with Crippen molar-refractivity contribution in [2.24, 2.45) is 0 Å². The highest BCUT2D eigenvalue weighted by atomic mass is 19.1. The van der Waals surface area contributed by atoms with Gasteiger partial charge in [0.1, 0.15) is 12.2 Å². The minimum absolute atomic E-state index is 0.0218. The molecule has 3 aromatic rings. The van der Waals surface area contributed by atoms with Gasteiger partial charge in [0.05, 0.1) is 12.6 Å². The molecule has 4 rings (SSSR count). The van der Waals surface area contributed by atoms with Crippen molar-refractivity contribution in [3.05, 3.63) is 101 Å². The fourth-order valence-electron chi connectivity index (χ4n) is 4.76. The van der Waals surface area contributed by atoms with Gasteiger partial charge in [-0.3, -0.25) is 14.6 Å². The zero-order valence-electron chi connectivity index (χ0n) is 20.9. The van der Waals surface area contributed by atoms with Crippen molar-refractivity contribution in [1.29, 1.82) is 0 Å². The molecule has 188 valence electrons. The van der Waals surface area contributed by atoms with Gasteiger partial charge in [0.2, 0.25) is 11.8 Å². The average Bonchev–Trinajstić information content (AvgIpc) is 3.30. The van der Waals surface area contributed by atoms with E-state index in [9.17, 15) is 14.0 Å². The van der Waals surface area contributed by atoms with Crippen LogP contribution in [0, 0.1) is 0 Å². The third-order valence-electron chi connectivity index (χ3n) is 6.81. The Kier molecular flexibility index (Phi) is 8.47. The van der Waals surface area contributed by atoms with Crippen molar-refractivity contribution in [3.8, 4) is 0 Å². The molecule has 6 heteroatoms. The van der Waals surface area contributed by atoms with Crippen LogP contribution < -0.4 is 5.32 Å². The lowest BCUT2D eigenvalue weighted by molar-refractivity contribution is -0.138. The molecule has 5 nitrogen and oxygen atoms in total. The summed E-state index contributed by atoms with van der Waals surface area (Å²) in [7, 11) is 0. The van der Waals surface area contributed by atoms with E-state index in [-0.39, 0.29) is 37.2 Å². The topological polar surface area (TPSA) is 62.3 Å². The van der Waals surface area contributed by atoms with Gasteiger partial charge < -0.3 is 10.2 Å². The number of amides is 2. The standard InChI is InChI=1S/C30H34FN3O2/c1-21(2)23-13-15-25(16-14-23)29(24-10-4-3-5-11-24)33-30(36)27-18-26(31)20-34(27)28(35)12-6-8-22-9-7-17-32-19-22/h3-5,7,9-11,13-17,19,21,26-27,29H,6,8,12,18,20H2,1-2H3,(H,33,36). The number of aryl methyl sites for hydroxylation is 1. The fourth-order valence-corrected chi connectivity index (χ4v) is 4.76. The summed E-state index contributed by atoms with van der Waals surface area (Å²) >= 11 is 0. The van der Waals surface area contributed by atoms with Gasteiger partial charge in [-0.15, -0.1) is 0 Å². The quantitative estimate of drug-likeness (QED) is 0.441. The Bertz CT molecular complexity index is 1140. The van der Waals surface area contributed by atoms with Crippen molar-refractivity contribution in [2.45, 2.75) is 63.7 Å². The molecule has 1 aromatic heterocycles. The highest BCUT2D eigenvalue weighted by Gasteiger charge is 2.40. The molecular weight excluding hydrogens is 453 g/mol. The highest BCUT2D eigenvalue weighted by Crippen LogP contribution is 2.27. The lowest BCUT2D eigenvalue weighted by atomic mass is 9.95. The van der Waals surface area contributed by atoms with Gasteiger partial charge in [-0.1, -0.05) is 74.5 Å². The molecule has 1 saturated heterocycles. The first-order valence-electron chi connectivity index (χ1n) is 12.7. The van der Waals surface area contributed by atoms with Crippen molar-refractivity contribution in [1.82, 2.24) is 15.2 Å². The van der Waals surface area contributed by atoms with E-state index < -0.39 is 12.2 Å². The maximum Gasteiger partial charge on any atom is 0.243 e. The molecule has 0 aliphatic carbocycles. The molecule has 36 heavy (non-hydrogen) atoms. The summed E-state index contributed by atoms with van der Waals surface area (Å²) in [5, 5.41) is 3.12. The summed E-state index contributed by atoms with van der Waals surface area (Å²) in [6.07, 6.45) is 3.92. The Balaban J connectivity index is 1.47. The molecule has 1 N–H and O–H groups in total. The number of hydrogen-bond acceptors (Lipinski definition) is 3. The van der Waals surface area contributed by atoms with E-state index in [4.69, 9.17) is 0 Å². The molecular formula is C30H34FN3O2. The fraction of sp³-hybridized carbons (Fsp3) is 0.367. The Morgan fingerprint density at radius 1 is 1.00 bits per heavy atom. The number of aromatic nitrogens is 1. The molecule has 1 aliphatic heterocycles. The summed E-state index contributed by atoms with van der Waals surface area (Å²) in [6.45, 7) is 4.24. The molecule has 0 saturated carbocycles. The molecule has 0 bridgehead atoms. The lowest BCUT2D eigenvalue weighted by Gasteiger charge is -2.27. The van der Waals surface area contributed by atoms with E-state index >= 15 is 0 Å². The van der Waals surface area contributed by atoms with Crippen molar-refractivity contribution >= 4 is 11.8 Å². The van der Waals surface area contributed by atoms with Gasteiger partial charge in [-0.25, -0.2) is 4.39 Å². The first-order valence-corrected chi connectivity index (χ1v) is 12.7. The maximum absolute atomic E-state index is 14.5. The summed E-state index contributed by atoms with van der Waals surface area (Å²) < 4.78 is 14.5. The van der Waals surface area contributed by atoms with Crippen LogP contribution in [0.4, 0.5) is 4.39 Å². The smallest absolute Gasteiger partial charge is 0.243 e. The van der Waals surface area contributed by atoms with Gasteiger partial charge in [0.15, 0.2) is 0 Å². The van der Waals surface area contributed by atoms with E-state index in [2.05, 4.69) is 36.3 Å². The molecule has 2 aromatic carbocycles. The minimum atomic E-state index is -1.21. The first-order chi connectivity index (χ1) is 17.4. The predicted octanol–water partition coefficient (Wildman–Crippen LogP) is 5.37. The van der Waals surface area contributed by atoms with Crippen LogP contribution in [0.2, 0.25) is 0 Å². The SMILES string of the molecule is CC(C)c1ccc(C(NC(=O)C2CC(F)CN2C(=O)CCCc2cccnc2)c2ccccc2)cc1. The minimum Gasteiger partial charge on any atom is -0.343 e. The zero-order chi connectivity index (χ0) is 25.5. The van der Waals surface area contributed by atoms with Crippen molar-refractivity contribution < 1.29 is 14.0 Å². The number of halogens is 1. The number of benzene rings is 2. The molecule has 1 aliphatic rings. The number of likely N-dealkylation sites (tertiary alicyclic amines) is 1. The highest BCUT2D eigenvalue weighted by molar-refractivity contribution is 5.89. The summed E-state index contributed by atoms with van der Waals surface area (Å²) in [4.78, 5) is 32.0. The Morgan fingerprint density at radius 2 is 1.69 bits per heavy atom. The third kappa shape index (κ3) is 6.36. The Hall–Kier alpha value is -3.54. The number of alkyl halides is 1. The normalized spacial score (nSPS) is 18.3. The zero-order valence-corrected chi connectivity index (χ0v) is 20.9. The van der Waals surface area contributed by atoms with Crippen LogP contribution in [0.5, 0.6) is 0 Å². The largest absolute Gasteiger partial charge is 0.343 e. The van der Waals surface area contributed by atoms with Crippen LogP contribution in [0.3, 0.4) is 0 Å². The van der Waals surface area contributed by atoms with Crippen LogP contribution in [0.15, 0.2) is 79.1 Å². The second-order valence-electron chi connectivity index (χ2n) is 9.78. The predicted molar refractivity (Wildman–Crippen MR) is 139 cm³/mol. The maximum atomic E-state index is 14.5. The summed E-state index contributed by atoms with van der Waals surface area (Å²) in [5.41, 5.74) is 4.16. The first kappa shape index (κ1) is 25.5. The number of nitrogens with zero attached hydrogens (tertiary/aromatic N) is 2. The number of hydrogen-bond donors (Lipinski definition) is 1. The second kappa shape index (κ2) is 11.9. The van der Waals surface area contributed by atoms with Crippen LogP contribution in [-0.2, 0) is 16.0 Å². The van der Waals surface area contributed by atoms with Crippen LogP contribution in [0.1, 0.15) is 67.3 Å². The molecule has 0 spiro atoms. The van der Waals surface area contributed by atoms with E-state index in [1.54, 1.807) is 12.4 Å². The Morgan fingerprint density at radius 3 is 2.36 bits per heavy atom. The van der Waals surface area contributed by atoms with Crippen LogP contribution >= 0.6 is 0 Å². The van der Waals surface area contributed by atoms with Gasteiger partial charge in [-0.2, -0.15) is 0 Å². The molecule has 2 heterocycles. The van der Waals surface area contributed by atoms with E-state index in [1.807, 2.05) is 54.6 Å². The molecule has 0 radical (unpaired) electrons. The van der Waals surface area contributed by atoms with Gasteiger partial charge in [-0.05, 0) is 47.1 Å². The van der Waals surface area contributed by atoms with E-state index in [0.29, 0.717) is 18.8 Å². The van der Waals surface area contributed by atoms with Gasteiger partial charge in [0, 0.05) is 25.2 Å². The number of carbonyl (C=O) groups is 2. The van der Waals surface area contributed by atoms with Gasteiger partial charge >= 0.3 is 0 Å². The average molecular weight is 488 g/mol. The van der Waals surface area contributed by atoms with Crippen LogP contribution in [-0.4, -0.2) is 40.5 Å². The molecule has 3 unspecified atom stereocenters. The van der Waals surface area contributed by atoms with Crippen LogP contribution in [0.25, 0.3) is 0 Å².